The Hall–Kier alpha value is -13.8. The smallest absolute Gasteiger partial charge is 0.222 e. The largest absolute Gasteiger partial charge is 0.508 e. The van der Waals surface area contributed by atoms with Crippen LogP contribution in [0.1, 0.15) is 27.8 Å². The average molecular weight is 1450 g/mol. The third-order valence-electron chi connectivity index (χ3n) is 15.7. The van der Waals surface area contributed by atoms with Gasteiger partial charge in [-0.1, -0.05) is 180 Å². The second-order valence-corrected chi connectivity index (χ2v) is 24.4. The molecule has 0 bridgehead atoms. The Morgan fingerprint density at radius 3 is 1.21 bits per heavy atom. The number of hydrogen-bond acceptors (Lipinski definition) is 17. The van der Waals surface area contributed by atoms with Gasteiger partial charge in [-0.2, -0.15) is 26.0 Å². The van der Waals surface area contributed by atoms with E-state index < -0.39 is 0 Å². The van der Waals surface area contributed by atoms with Crippen molar-refractivity contribution >= 4 is 104 Å². The maximum absolute atomic E-state index is 9.42. The Labute approximate surface area is 619 Å². The Morgan fingerprint density at radius 1 is 0.448 bits per heavy atom. The van der Waals surface area contributed by atoms with Crippen LogP contribution in [0.25, 0.3) is 64.6 Å². The van der Waals surface area contributed by atoms with Crippen LogP contribution in [0.4, 0.5) is 23.1 Å². The third-order valence-corrected chi connectivity index (χ3v) is 15.9. The van der Waals surface area contributed by atoms with Gasteiger partial charge in [-0.05, 0) is 212 Å². The van der Waals surface area contributed by atoms with Crippen LogP contribution in [0.3, 0.4) is 0 Å². The molecular formula is C87H78BrN11O6. The van der Waals surface area contributed by atoms with Gasteiger partial charge in [-0.15, -0.1) is 0 Å². The van der Waals surface area contributed by atoms with Crippen LogP contribution in [0.15, 0.2) is 279 Å². The lowest BCUT2D eigenvalue weighted by Gasteiger charge is -2.11. The van der Waals surface area contributed by atoms with Gasteiger partial charge in [0.1, 0.15) is 52.7 Å². The zero-order valence-electron chi connectivity index (χ0n) is 59.1. The van der Waals surface area contributed by atoms with Crippen molar-refractivity contribution in [2.75, 3.05) is 48.6 Å². The van der Waals surface area contributed by atoms with Crippen molar-refractivity contribution < 1.29 is 29.2 Å². The van der Waals surface area contributed by atoms with Crippen molar-refractivity contribution in [2.45, 2.75) is 34.6 Å². The second kappa shape index (κ2) is 38.7. The van der Waals surface area contributed by atoms with E-state index >= 15 is 0 Å². The summed E-state index contributed by atoms with van der Waals surface area (Å²) in [7, 11) is 3.71. The molecule has 105 heavy (non-hydrogen) atoms. The summed E-state index contributed by atoms with van der Waals surface area (Å²) < 4.78 is 22.6. The predicted octanol–water partition coefficient (Wildman–Crippen LogP) is 20.3. The molecule has 14 aromatic rings. The lowest BCUT2D eigenvalue weighted by atomic mass is 10.1. The molecule has 0 fully saturated rings. The number of hydrogen-bond donors (Lipinski definition) is 6. The van der Waals surface area contributed by atoms with E-state index in [1.165, 1.54) is 27.7 Å². The van der Waals surface area contributed by atoms with Gasteiger partial charge in [0.05, 0.1) is 35.7 Å². The highest BCUT2D eigenvalue weighted by Gasteiger charge is 2.11. The molecule has 1 heterocycles. The summed E-state index contributed by atoms with van der Waals surface area (Å²) in [4.78, 5) is 9.56. The molecular weight excluding hydrogens is 1370 g/mol. The van der Waals surface area contributed by atoms with Crippen LogP contribution in [-0.2, 0) is 0 Å². The standard InChI is InChI=1S/C20H16N2O.C16H16N2O.C15H14N4O.C13H11NO.C11H10O.C10H9NO.C2H2BrN/c1-15-11-16-7-5-6-8-17(16)12-20(15)23-19(13-21)14-22-18-9-3-2-4-10-18;1-12-8-13-6-4-5-7-14(13)9-16(12)19-15(10-17)11-18(2)3;1-9-6-10-4-2-3-5-11(10)7-12(9)20-13-8-18-15(17)19-14(13)16;1-10-8-11-4-2-3-5-12(11)9-13(10)15-7-6-14;1-8-6-9-4-2-3-5-10(9)7-11(8)12;11-9-5-7-3-1-2-4-8(7)6-10(9)12;3-1-2-4/h2-12,14,22H,1H3;4-9,11H,1-3H3;2-8H,1H3,(H4,16,17,18,19);2-5,8-9H,7H2,1H3;2-7,12H,1H3;1-6,12H,11H2;1H2/b19-14+;15-11+;;;;;. The van der Waals surface area contributed by atoms with Gasteiger partial charge in [0, 0.05) is 19.8 Å². The number of aromatic nitrogens is 2. The van der Waals surface area contributed by atoms with Crippen LogP contribution >= 0.6 is 15.9 Å². The minimum Gasteiger partial charge on any atom is -0.508 e. The molecule has 0 spiro atoms. The topological polar surface area (TPSA) is 292 Å². The fourth-order valence-electron chi connectivity index (χ4n) is 10.4. The van der Waals surface area contributed by atoms with Gasteiger partial charge in [-0.3, -0.25) is 0 Å². The number of phenols is 2. The molecule has 0 radical (unpaired) electrons. The lowest BCUT2D eigenvalue weighted by Crippen LogP contribution is -2.05. The number of rotatable bonds is 11. The predicted molar refractivity (Wildman–Crippen MR) is 429 cm³/mol. The number of nitrogen functional groups attached to an aromatic ring is 3. The molecule has 0 saturated heterocycles. The van der Waals surface area contributed by atoms with Crippen LogP contribution in [0.5, 0.6) is 40.2 Å². The van der Waals surface area contributed by atoms with E-state index in [-0.39, 0.29) is 35.6 Å². The van der Waals surface area contributed by atoms with Crippen molar-refractivity contribution in [3.63, 3.8) is 0 Å². The maximum atomic E-state index is 9.42. The normalized spacial score (nSPS) is 10.4. The molecule has 1 aromatic heterocycles. The first kappa shape index (κ1) is 77.0. The first-order valence-electron chi connectivity index (χ1n) is 32.9. The van der Waals surface area contributed by atoms with Gasteiger partial charge < -0.3 is 56.6 Å². The molecule has 18 heteroatoms. The number of anilines is 4. The molecule has 0 aliphatic rings. The maximum Gasteiger partial charge on any atom is 0.222 e. The van der Waals surface area contributed by atoms with Crippen molar-refractivity contribution in [1.29, 1.82) is 21.0 Å². The molecule has 0 saturated carbocycles. The number of para-hydroxylation sites is 1. The number of benzene rings is 13. The summed E-state index contributed by atoms with van der Waals surface area (Å²) in [5.41, 5.74) is 23.1. The van der Waals surface area contributed by atoms with E-state index in [4.69, 9.17) is 51.9 Å². The number of nitriles is 4. The summed E-state index contributed by atoms with van der Waals surface area (Å²) in [5, 5.41) is 70.0. The Kier molecular flexibility index (Phi) is 28.4. The molecule has 0 atom stereocenters. The zero-order valence-corrected chi connectivity index (χ0v) is 60.7. The molecule has 524 valence electrons. The van der Waals surface area contributed by atoms with Crippen molar-refractivity contribution in [1.82, 2.24) is 14.9 Å². The lowest BCUT2D eigenvalue weighted by molar-refractivity contribution is 0.366. The molecule has 9 N–H and O–H groups in total. The number of aromatic hydroxyl groups is 2. The number of ether oxygens (including phenoxy) is 4. The summed E-state index contributed by atoms with van der Waals surface area (Å²) in [6, 6.07) is 89.1. The molecule has 0 aliphatic carbocycles. The minimum atomic E-state index is 0.0964. The first-order chi connectivity index (χ1) is 50.8. The fourth-order valence-corrected chi connectivity index (χ4v) is 10.4. The third kappa shape index (κ3) is 22.9. The number of phenolic OH excluding ortho intramolecular Hbond substituents is 2. The molecule has 0 unspecified atom stereocenters. The van der Waals surface area contributed by atoms with Crippen molar-refractivity contribution in [3.05, 3.63) is 307 Å². The summed E-state index contributed by atoms with van der Waals surface area (Å²) >= 11 is 2.89. The van der Waals surface area contributed by atoms with E-state index in [0.717, 1.165) is 88.1 Å². The highest BCUT2D eigenvalue weighted by atomic mass is 79.9. The van der Waals surface area contributed by atoms with Crippen LogP contribution in [-0.4, -0.2) is 51.1 Å². The Balaban J connectivity index is 0.000000160. The van der Waals surface area contributed by atoms with Crippen molar-refractivity contribution in [2.24, 2.45) is 0 Å². The van der Waals surface area contributed by atoms with Gasteiger partial charge in [0.25, 0.3) is 0 Å². The van der Waals surface area contributed by atoms with Gasteiger partial charge in [0.2, 0.25) is 17.5 Å². The number of alkyl halides is 1. The van der Waals surface area contributed by atoms with Crippen LogP contribution < -0.4 is 41.5 Å². The van der Waals surface area contributed by atoms with E-state index in [2.05, 4.69) is 91.9 Å². The molecule has 14 rings (SSSR count). The SMILES string of the molecule is Cc1cc2ccccc2cc1O.Cc1cc2ccccc2cc1O/C(C#N)=C/N(C)C.Cc1cc2ccccc2cc1O/C(C#N)=C/Nc1ccccc1.Cc1cc2ccccc2cc1OCC#N.Cc1cc2ccccc2cc1Oc1cnc(N)nc1N.N#CCBr.Nc1cc2ccccc2cc1O. The monoisotopic (exact) mass is 1450 g/mol. The van der Waals surface area contributed by atoms with E-state index in [1.54, 1.807) is 35.5 Å². The summed E-state index contributed by atoms with van der Waals surface area (Å²) in [5.74, 6) is 4.68. The summed E-state index contributed by atoms with van der Waals surface area (Å²) in [6.45, 7) is 9.92. The quantitative estimate of drug-likeness (QED) is 0.0231. The number of nitrogens with zero attached hydrogens (tertiary/aromatic N) is 7. The fraction of sp³-hybridized carbons (Fsp3) is 0.103. The minimum absolute atomic E-state index is 0.0964. The number of fused-ring (bicyclic) bond motifs is 6. The van der Waals surface area contributed by atoms with Crippen molar-refractivity contribution in [3.8, 4) is 64.5 Å². The number of nitrogens with one attached hydrogen (secondary N) is 1. The number of nitrogens with two attached hydrogens (primary N) is 3. The van der Waals surface area contributed by atoms with Crippen LogP contribution in [0.2, 0.25) is 0 Å². The van der Waals surface area contributed by atoms with E-state index in [9.17, 15) is 15.5 Å². The first-order valence-corrected chi connectivity index (χ1v) is 34.1. The number of allylic oxidation sites excluding steroid dienone is 2. The summed E-state index contributed by atoms with van der Waals surface area (Å²) in [6.07, 6.45) is 4.71. The van der Waals surface area contributed by atoms with Crippen LogP contribution in [0, 0.1) is 79.9 Å². The van der Waals surface area contributed by atoms with E-state index in [0.29, 0.717) is 34.0 Å². The highest BCUT2D eigenvalue weighted by Crippen LogP contribution is 2.34. The highest BCUT2D eigenvalue weighted by molar-refractivity contribution is 9.09. The van der Waals surface area contributed by atoms with Gasteiger partial charge in [0.15, 0.2) is 18.2 Å². The van der Waals surface area contributed by atoms with Gasteiger partial charge in [-0.25, -0.2) is 4.98 Å². The molecule has 0 amide bonds. The van der Waals surface area contributed by atoms with E-state index in [1.807, 2.05) is 243 Å². The average Bonchev–Trinajstić information content (AvgIpc) is 0.724. The van der Waals surface area contributed by atoms with Gasteiger partial charge >= 0.3 is 0 Å². The number of aryl methyl sites for hydroxylation is 5. The Morgan fingerprint density at radius 2 is 0.800 bits per heavy atom. The molecule has 17 nitrogen and oxygen atoms in total. The second-order valence-electron chi connectivity index (χ2n) is 23.8. The number of halogens is 1. The molecule has 0 aliphatic heterocycles. The Bertz CT molecular complexity index is 5400. The molecule has 13 aromatic carbocycles. The zero-order chi connectivity index (χ0) is 75.2.